The summed E-state index contributed by atoms with van der Waals surface area (Å²) in [5, 5.41) is 0.602. The molecule has 1 aromatic rings. The number of ether oxygens (including phenoxy) is 1. The van der Waals surface area contributed by atoms with Crippen molar-refractivity contribution >= 4 is 23.6 Å². The van der Waals surface area contributed by atoms with E-state index < -0.39 is 5.97 Å². The van der Waals surface area contributed by atoms with Crippen LogP contribution in [0.25, 0.3) is 6.08 Å². The highest BCUT2D eigenvalue weighted by Gasteiger charge is 1.96. The van der Waals surface area contributed by atoms with Gasteiger partial charge in [-0.25, -0.2) is 4.79 Å². The van der Waals surface area contributed by atoms with E-state index >= 15 is 0 Å². The molecule has 15 heavy (non-hydrogen) atoms. The monoisotopic (exact) mass is 222 g/mol. The van der Waals surface area contributed by atoms with Gasteiger partial charge in [-0.15, -0.1) is 0 Å². The Kier molecular flexibility index (Phi) is 4.64. The van der Waals surface area contributed by atoms with Crippen LogP contribution in [0, 0.1) is 0 Å². The Hall–Kier alpha value is -1.54. The van der Waals surface area contributed by atoms with Gasteiger partial charge in [-0.3, -0.25) is 0 Å². The SMILES string of the molecule is C=CCOC(=O)C=Cc1ccccc1Cl. The van der Waals surface area contributed by atoms with Gasteiger partial charge >= 0.3 is 5.97 Å². The lowest BCUT2D eigenvalue weighted by Crippen LogP contribution is -1.99. The summed E-state index contributed by atoms with van der Waals surface area (Å²) in [5.74, 6) is -0.408. The van der Waals surface area contributed by atoms with Crippen molar-refractivity contribution < 1.29 is 9.53 Å². The average Bonchev–Trinajstić information content (AvgIpc) is 2.25. The second-order valence-corrected chi connectivity index (χ2v) is 3.18. The van der Waals surface area contributed by atoms with E-state index in [1.807, 2.05) is 18.2 Å². The zero-order valence-electron chi connectivity index (χ0n) is 8.15. The van der Waals surface area contributed by atoms with Gasteiger partial charge < -0.3 is 4.74 Å². The minimum Gasteiger partial charge on any atom is -0.458 e. The van der Waals surface area contributed by atoms with E-state index in [9.17, 15) is 4.79 Å². The number of carbonyl (C=O) groups excluding carboxylic acids is 1. The van der Waals surface area contributed by atoms with Crippen molar-refractivity contribution in [3.05, 3.63) is 53.6 Å². The molecule has 0 fully saturated rings. The van der Waals surface area contributed by atoms with Crippen LogP contribution < -0.4 is 0 Å². The van der Waals surface area contributed by atoms with E-state index in [1.165, 1.54) is 12.2 Å². The largest absolute Gasteiger partial charge is 0.458 e. The number of hydrogen-bond donors (Lipinski definition) is 0. The molecule has 0 spiro atoms. The highest BCUT2D eigenvalue weighted by molar-refractivity contribution is 6.32. The van der Waals surface area contributed by atoms with Crippen LogP contribution in [-0.4, -0.2) is 12.6 Å². The van der Waals surface area contributed by atoms with E-state index in [1.54, 1.807) is 12.1 Å². The molecule has 0 atom stereocenters. The number of benzene rings is 1. The first-order valence-electron chi connectivity index (χ1n) is 4.44. The maximum Gasteiger partial charge on any atom is 0.331 e. The molecule has 0 aliphatic carbocycles. The number of carbonyl (C=O) groups is 1. The molecular weight excluding hydrogens is 212 g/mol. The molecule has 1 rings (SSSR count). The van der Waals surface area contributed by atoms with E-state index in [-0.39, 0.29) is 6.61 Å². The molecule has 0 saturated heterocycles. The van der Waals surface area contributed by atoms with Gasteiger partial charge in [0.2, 0.25) is 0 Å². The Balaban J connectivity index is 2.61. The summed E-state index contributed by atoms with van der Waals surface area (Å²) >= 11 is 5.89. The van der Waals surface area contributed by atoms with E-state index in [0.717, 1.165) is 5.56 Å². The van der Waals surface area contributed by atoms with Crippen molar-refractivity contribution in [1.29, 1.82) is 0 Å². The summed E-state index contributed by atoms with van der Waals surface area (Å²) in [7, 11) is 0. The first-order valence-corrected chi connectivity index (χ1v) is 4.82. The molecule has 0 bridgehead atoms. The fourth-order valence-electron chi connectivity index (χ4n) is 0.957. The number of rotatable bonds is 4. The van der Waals surface area contributed by atoms with Crippen molar-refractivity contribution in [1.82, 2.24) is 0 Å². The Morgan fingerprint density at radius 2 is 2.20 bits per heavy atom. The second-order valence-electron chi connectivity index (χ2n) is 2.77. The summed E-state index contributed by atoms with van der Waals surface area (Å²) in [5.41, 5.74) is 0.787. The van der Waals surface area contributed by atoms with Crippen LogP contribution in [0.2, 0.25) is 5.02 Å². The molecule has 0 N–H and O–H groups in total. The van der Waals surface area contributed by atoms with Crippen LogP contribution in [0.3, 0.4) is 0 Å². The predicted octanol–water partition coefficient (Wildman–Crippen LogP) is 3.08. The van der Waals surface area contributed by atoms with Crippen molar-refractivity contribution in [2.24, 2.45) is 0 Å². The maximum absolute atomic E-state index is 11.1. The molecule has 0 radical (unpaired) electrons. The lowest BCUT2D eigenvalue weighted by Gasteiger charge is -1.97. The van der Waals surface area contributed by atoms with Gasteiger partial charge in [0.25, 0.3) is 0 Å². The minimum atomic E-state index is -0.408. The molecule has 0 aliphatic heterocycles. The van der Waals surface area contributed by atoms with Crippen LogP contribution in [-0.2, 0) is 9.53 Å². The Bertz CT molecular complexity index is 383. The zero-order valence-corrected chi connectivity index (χ0v) is 8.91. The fraction of sp³-hybridized carbons (Fsp3) is 0.0833. The molecule has 0 aromatic heterocycles. The molecule has 0 saturated carbocycles. The van der Waals surface area contributed by atoms with E-state index in [4.69, 9.17) is 16.3 Å². The molecule has 3 heteroatoms. The van der Waals surface area contributed by atoms with Crippen LogP contribution in [0.5, 0.6) is 0 Å². The molecule has 0 unspecified atom stereocenters. The van der Waals surface area contributed by atoms with Crippen molar-refractivity contribution in [2.75, 3.05) is 6.61 Å². The molecule has 78 valence electrons. The van der Waals surface area contributed by atoms with Gasteiger partial charge in [0.1, 0.15) is 6.61 Å². The summed E-state index contributed by atoms with van der Waals surface area (Å²) in [6.07, 6.45) is 4.47. The number of hydrogen-bond acceptors (Lipinski definition) is 2. The normalized spacial score (nSPS) is 10.2. The van der Waals surface area contributed by atoms with Gasteiger partial charge in [0, 0.05) is 11.1 Å². The third kappa shape index (κ3) is 4.00. The molecular formula is C12H11ClO2. The molecule has 0 aliphatic rings. The summed E-state index contributed by atoms with van der Waals surface area (Å²) in [6.45, 7) is 3.66. The Labute approximate surface area is 93.8 Å². The molecule has 1 aromatic carbocycles. The quantitative estimate of drug-likeness (QED) is 0.445. The standard InChI is InChI=1S/C12H11ClO2/c1-2-9-15-12(14)8-7-10-5-3-4-6-11(10)13/h2-8H,1,9H2. The topological polar surface area (TPSA) is 26.3 Å². The fourth-order valence-corrected chi connectivity index (χ4v) is 1.16. The lowest BCUT2D eigenvalue weighted by atomic mass is 10.2. The molecule has 2 nitrogen and oxygen atoms in total. The number of halogens is 1. The van der Waals surface area contributed by atoms with Crippen molar-refractivity contribution in [3.63, 3.8) is 0 Å². The number of esters is 1. The second kappa shape index (κ2) is 6.04. The van der Waals surface area contributed by atoms with Gasteiger partial charge in [-0.1, -0.05) is 42.5 Å². The van der Waals surface area contributed by atoms with Crippen LogP contribution in [0.1, 0.15) is 5.56 Å². The van der Waals surface area contributed by atoms with Gasteiger partial charge in [-0.05, 0) is 17.7 Å². The first kappa shape index (κ1) is 11.5. The van der Waals surface area contributed by atoms with Crippen LogP contribution in [0.4, 0.5) is 0 Å². The predicted molar refractivity (Wildman–Crippen MR) is 61.6 cm³/mol. The van der Waals surface area contributed by atoms with E-state index in [0.29, 0.717) is 5.02 Å². The highest BCUT2D eigenvalue weighted by atomic mass is 35.5. The Morgan fingerprint density at radius 1 is 1.47 bits per heavy atom. The van der Waals surface area contributed by atoms with Gasteiger partial charge in [-0.2, -0.15) is 0 Å². The lowest BCUT2D eigenvalue weighted by molar-refractivity contribution is -0.136. The van der Waals surface area contributed by atoms with Crippen molar-refractivity contribution in [2.45, 2.75) is 0 Å². The summed E-state index contributed by atoms with van der Waals surface area (Å²) in [4.78, 5) is 11.1. The molecule has 0 amide bonds. The highest BCUT2D eigenvalue weighted by Crippen LogP contribution is 2.16. The summed E-state index contributed by atoms with van der Waals surface area (Å²) in [6, 6.07) is 7.26. The first-order chi connectivity index (χ1) is 7.24. The third-order valence-electron chi connectivity index (χ3n) is 1.65. The Morgan fingerprint density at radius 3 is 2.87 bits per heavy atom. The van der Waals surface area contributed by atoms with E-state index in [2.05, 4.69) is 6.58 Å². The minimum absolute atomic E-state index is 0.214. The smallest absolute Gasteiger partial charge is 0.331 e. The summed E-state index contributed by atoms with van der Waals surface area (Å²) < 4.78 is 4.77. The van der Waals surface area contributed by atoms with Crippen LogP contribution >= 0.6 is 11.6 Å². The molecule has 0 heterocycles. The zero-order chi connectivity index (χ0) is 11.1. The van der Waals surface area contributed by atoms with Crippen molar-refractivity contribution in [3.8, 4) is 0 Å². The average molecular weight is 223 g/mol. The third-order valence-corrected chi connectivity index (χ3v) is 1.99. The van der Waals surface area contributed by atoms with Gasteiger partial charge in [0.15, 0.2) is 0 Å². The van der Waals surface area contributed by atoms with Gasteiger partial charge in [0.05, 0.1) is 0 Å². The van der Waals surface area contributed by atoms with Crippen LogP contribution in [0.15, 0.2) is 43.0 Å². The maximum atomic E-state index is 11.1.